The molecule has 0 fully saturated rings. The first-order valence-corrected chi connectivity index (χ1v) is 6.36. The Morgan fingerprint density at radius 3 is 2.48 bits per heavy atom. The summed E-state index contributed by atoms with van der Waals surface area (Å²) in [6.45, 7) is 1.86. The zero-order chi connectivity index (χ0) is 15.5. The van der Waals surface area contributed by atoms with Crippen LogP contribution in [-0.2, 0) is 0 Å². The predicted molar refractivity (Wildman–Crippen MR) is 73.0 cm³/mol. The minimum Gasteiger partial charge on any atom is -0.405 e. The maximum atomic E-state index is 12.5. The molecule has 6 heteroatoms. The number of ether oxygens (including phenoxy) is 1. The van der Waals surface area contributed by atoms with Crippen molar-refractivity contribution < 1.29 is 17.9 Å². The van der Waals surface area contributed by atoms with Crippen molar-refractivity contribution in [2.45, 2.75) is 19.3 Å². The van der Waals surface area contributed by atoms with E-state index < -0.39 is 12.4 Å². The van der Waals surface area contributed by atoms with E-state index in [2.05, 4.69) is 15.0 Å². The molecule has 0 radical (unpaired) electrons. The smallest absolute Gasteiger partial charge is 0.405 e. The maximum Gasteiger partial charge on any atom is 0.573 e. The van der Waals surface area contributed by atoms with E-state index in [1.807, 2.05) is 13.0 Å². The second-order valence-electron chi connectivity index (χ2n) is 4.51. The Morgan fingerprint density at radius 1 is 1.14 bits per heavy atom. The molecule has 1 unspecified atom stereocenters. The Bertz CT molecular complexity index is 614. The van der Waals surface area contributed by atoms with E-state index in [1.54, 1.807) is 31.4 Å². The number of aromatic nitrogens is 1. The van der Waals surface area contributed by atoms with Gasteiger partial charge in [-0.2, -0.15) is 0 Å². The van der Waals surface area contributed by atoms with Gasteiger partial charge in [0.05, 0.1) is 11.7 Å². The molecule has 0 bridgehead atoms. The molecule has 0 saturated heterocycles. The molecule has 1 aromatic heterocycles. The zero-order valence-electron chi connectivity index (χ0n) is 11.6. The SMILES string of the molecule is CNC(c1ccccc1OC(F)(F)F)c1ncccc1C. The summed E-state index contributed by atoms with van der Waals surface area (Å²) in [6, 6.07) is 9.22. The molecule has 1 aromatic carbocycles. The molecule has 0 saturated carbocycles. The molecular weight excluding hydrogens is 281 g/mol. The highest BCUT2D eigenvalue weighted by Crippen LogP contribution is 2.33. The fourth-order valence-electron chi connectivity index (χ4n) is 2.18. The Kier molecular flexibility index (Phi) is 4.47. The lowest BCUT2D eigenvalue weighted by Gasteiger charge is -2.21. The van der Waals surface area contributed by atoms with Crippen molar-refractivity contribution in [3.05, 3.63) is 59.4 Å². The standard InChI is InChI=1S/C15H15F3N2O/c1-10-6-5-9-20-13(10)14(19-2)11-7-3-4-8-12(11)21-15(16,17)18/h3-9,14,19H,1-2H3. The van der Waals surface area contributed by atoms with Gasteiger partial charge < -0.3 is 10.1 Å². The van der Waals surface area contributed by atoms with Gasteiger partial charge in [0.2, 0.25) is 0 Å². The van der Waals surface area contributed by atoms with Gasteiger partial charge in [-0.15, -0.1) is 13.2 Å². The van der Waals surface area contributed by atoms with Gasteiger partial charge in [-0.1, -0.05) is 24.3 Å². The normalized spacial score (nSPS) is 13.0. The lowest BCUT2D eigenvalue weighted by molar-refractivity contribution is -0.275. The number of halogens is 3. The quantitative estimate of drug-likeness (QED) is 0.936. The Labute approximate surface area is 120 Å². The van der Waals surface area contributed by atoms with Gasteiger partial charge in [0.15, 0.2) is 0 Å². The number of alkyl halides is 3. The van der Waals surface area contributed by atoms with Crippen molar-refractivity contribution in [2.24, 2.45) is 0 Å². The number of pyridine rings is 1. The van der Waals surface area contributed by atoms with Gasteiger partial charge in [-0.3, -0.25) is 4.98 Å². The van der Waals surface area contributed by atoms with Crippen LogP contribution in [0.4, 0.5) is 13.2 Å². The lowest BCUT2D eigenvalue weighted by Crippen LogP contribution is -2.23. The summed E-state index contributed by atoms with van der Waals surface area (Å²) in [5, 5.41) is 2.99. The maximum absolute atomic E-state index is 12.5. The van der Waals surface area contributed by atoms with E-state index in [4.69, 9.17) is 0 Å². The number of hydrogen-bond donors (Lipinski definition) is 1. The Morgan fingerprint density at radius 2 is 1.86 bits per heavy atom. The first-order valence-electron chi connectivity index (χ1n) is 6.36. The molecule has 0 aliphatic rings. The second kappa shape index (κ2) is 6.13. The van der Waals surface area contributed by atoms with E-state index in [0.717, 1.165) is 5.56 Å². The number of rotatable bonds is 4. The minimum atomic E-state index is -4.73. The lowest BCUT2D eigenvalue weighted by atomic mass is 9.99. The third-order valence-corrected chi connectivity index (χ3v) is 3.07. The number of nitrogens with zero attached hydrogens (tertiary/aromatic N) is 1. The van der Waals surface area contributed by atoms with Crippen LogP contribution in [0.3, 0.4) is 0 Å². The summed E-state index contributed by atoms with van der Waals surface area (Å²) in [5.74, 6) is -0.227. The molecule has 0 amide bonds. The van der Waals surface area contributed by atoms with Crippen LogP contribution < -0.4 is 10.1 Å². The van der Waals surface area contributed by atoms with E-state index in [1.165, 1.54) is 12.1 Å². The van der Waals surface area contributed by atoms with Crippen LogP contribution >= 0.6 is 0 Å². The Hall–Kier alpha value is -2.08. The molecule has 21 heavy (non-hydrogen) atoms. The van der Waals surface area contributed by atoms with Crippen molar-refractivity contribution in [1.82, 2.24) is 10.3 Å². The molecule has 2 aromatic rings. The molecular formula is C15H15F3N2O. The first kappa shape index (κ1) is 15.3. The molecule has 0 spiro atoms. The Balaban J connectivity index is 2.46. The molecule has 3 nitrogen and oxygen atoms in total. The van der Waals surface area contributed by atoms with Gasteiger partial charge in [0.1, 0.15) is 5.75 Å². The van der Waals surface area contributed by atoms with Crippen LogP contribution in [0.5, 0.6) is 5.75 Å². The van der Waals surface area contributed by atoms with Gasteiger partial charge in [-0.05, 0) is 31.7 Å². The highest BCUT2D eigenvalue weighted by Gasteiger charge is 2.33. The van der Waals surface area contributed by atoms with Gasteiger partial charge in [0.25, 0.3) is 0 Å². The third-order valence-electron chi connectivity index (χ3n) is 3.07. The van der Waals surface area contributed by atoms with Gasteiger partial charge >= 0.3 is 6.36 Å². The number of benzene rings is 1. The number of aryl methyl sites for hydroxylation is 1. The van der Waals surface area contributed by atoms with Crippen molar-refractivity contribution in [3.63, 3.8) is 0 Å². The summed E-state index contributed by atoms with van der Waals surface area (Å²) in [6.07, 6.45) is -3.12. The summed E-state index contributed by atoms with van der Waals surface area (Å²) in [4.78, 5) is 4.26. The molecule has 0 aliphatic heterocycles. The molecule has 2 rings (SSSR count). The van der Waals surface area contributed by atoms with Crippen LogP contribution in [0.25, 0.3) is 0 Å². The fraction of sp³-hybridized carbons (Fsp3) is 0.267. The van der Waals surface area contributed by atoms with E-state index >= 15 is 0 Å². The summed E-state index contributed by atoms with van der Waals surface area (Å²) >= 11 is 0. The van der Waals surface area contributed by atoms with E-state index in [0.29, 0.717) is 11.3 Å². The van der Waals surface area contributed by atoms with Crippen molar-refractivity contribution in [2.75, 3.05) is 7.05 Å². The molecule has 1 atom stereocenters. The molecule has 0 aliphatic carbocycles. The number of para-hydroxylation sites is 1. The van der Waals surface area contributed by atoms with E-state index in [9.17, 15) is 13.2 Å². The first-order chi connectivity index (χ1) is 9.92. The molecule has 112 valence electrons. The number of hydrogen-bond acceptors (Lipinski definition) is 3. The minimum absolute atomic E-state index is 0.227. The van der Waals surface area contributed by atoms with Crippen LogP contribution in [-0.4, -0.2) is 18.4 Å². The largest absolute Gasteiger partial charge is 0.573 e. The van der Waals surface area contributed by atoms with Crippen molar-refractivity contribution in [1.29, 1.82) is 0 Å². The highest BCUT2D eigenvalue weighted by molar-refractivity contribution is 5.41. The summed E-state index contributed by atoms with van der Waals surface area (Å²) in [5.41, 5.74) is 1.94. The predicted octanol–water partition coefficient (Wildman–Crippen LogP) is 3.60. The van der Waals surface area contributed by atoms with E-state index in [-0.39, 0.29) is 5.75 Å². The summed E-state index contributed by atoms with van der Waals surface area (Å²) < 4.78 is 41.6. The van der Waals surface area contributed by atoms with Crippen LogP contribution in [0, 0.1) is 6.92 Å². The highest BCUT2D eigenvalue weighted by atomic mass is 19.4. The monoisotopic (exact) mass is 296 g/mol. The van der Waals surface area contributed by atoms with Crippen molar-refractivity contribution >= 4 is 0 Å². The third kappa shape index (κ3) is 3.72. The topological polar surface area (TPSA) is 34.1 Å². The van der Waals surface area contributed by atoms with Crippen LogP contribution in [0.15, 0.2) is 42.6 Å². The zero-order valence-corrected chi connectivity index (χ0v) is 11.6. The van der Waals surface area contributed by atoms with Crippen LogP contribution in [0.2, 0.25) is 0 Å². The average molecular weight is 296 g/mol. The summed E-state index contributed by atoms with van der Waals surface area (Å²) in [7, 11) is 1.67. The average Bonchev–Trinajstić information content (AvgIpc) is 2.42. The molecule has 1 heterocycles. The number of nitrogens with one attached hydrogen (secondary N) is 1. The van der Waals surface area contributed by atoms with Crippen LogP contribution in [0.1, 0.15) is 22.9 Å². The molecule has 1 N–H and O–H groups in total. The van der Waals surface area contributed by atoms with Crippen molar-refractivity contribution in [3.8, 4) is 5.75 Å². The van der Waals surface area contributed by atoms with Gasteiger partial charge in [0, 0.05) is 11.8 Å². The second-order valence-corrected chi connectivity index (χ2v) is 4.51. The fourth-order valence-corrected chi connectivity index (χ4v) is 2.18. The van der Waals surface area contributed by atoms with Gasteiger partial charge in [-0.25, -0.2) is 0 Å².